The van der Waals surface area contributed by atoms with Crippen molar-refractivity contribution in [3.63, 3.8) is 0 Å². The van der Waals surface area contributed by atoms with E-state index < -0.39 is 11.7 Å². The lowest BCUT2D eigenvalue weighted by Crippen LogP contribution is -2.06. The van der Waals surface area contributed by atoms with Crippen LogP contribution >= 0.6 is 15.9 Å². The summed E-state index contributed by atoms with van der Waals surface area (Å²) >= 11 is 2.87. The molecular formula is C9H6BrF3O. The summed E-state index contributed by atoms with van der Waals surface area (Å²) in [6.07, 6.45) is -4.46. The van der Waals surface area contributed by atoms with Crippen molar-refractivity contribution in [1.82, 2.24) is 0 Å². The van der Waals surface area contributed by atoms with Crippen LogP contribution in [0.4, 0.5) is 13.2 Å². The Morgan fingerprint density at radius 2 is 2.00 bits per heavy atom. The first-order valence-corrected chi connectivity index (χ1v) is 4.76. The van der Waals surface area contributed by atoms with Crippen LogP contribution in [0.5, 0.6) is 0 Å². The number of halogens is 4. The fourth-order valence-electron chi connectivity index (χ4n) is 1.20. The summed E-state index contributed by atoms with van der Waals surface area (Å²) in [4.78, 5) is 0. The minimum atomic E-state index is -4.32. The molecule has 0 radical (unpaired) electrons. The van der Waals surface area contributed by atoms with Crippen LogP contribution in [0, 0.1) is 0 Å². The summed E-state index contributed by atoms with van der Waals surface area (Å²) in [7, 11) is 0. The van der Waals surface area contributed by atoms with Crippen LogP contribution in [0.2, 0.25) is 0 Å². The average Bonchev–Trinajstić information content (AvgIpc) is 2.85. The second kappa shape index (κ2) is 3.24. The lowest BCUT2D eigenvalue weighted by atomic mass is 10.1. The number of hydrogen-bond donors (Lipinski definition) is 0. The Morgan fingerprint density at radius 1 is 1.36 bits per heavy atom. The molecule has 0 aromatic heterocycles. The molecule has 0 saturated carbocycles. The fourth-order valence-corrected chi connectivity index (χ4v) is 1.67. The Kier molecular flexibility index (Phi) is 2.31. The quantitative estimate of drug-likeness (QED) is 0.709. The van der Waals surface area contributed by atoms with Crippen LogP contribution in [0.15, 0.2) is 22.7 Å². The fraction of sp³-hybridized carbons (Fsp3) is 0.333. The molecule has 0 aliphatic carbocycles. The van der Waals surface area contributed by atoms with Gasteiger partial charge in [0.25, 0.3) is 0 Å². The first kappa shape index (κ1) is 9.98. The maximum absolute atomic E-state index is 12.4. The summed E-state index contributed by atoms with van der Waals surface area (Å²) in [5.74, 6) is 0. The van der Waals surface area contributed by atoms with E-state index in [1.165, 1.54) is 6.07 Å². The minimum absolute atomic E-state index is 0.0643. The molecule has 1 fully saturated rings. The standard InChI is InChI=1S/C9H6BrF3O/c10-7-2-1-5(8-4-14-8)3-6(7)9(11,12)13/h1-3,8H,4H2/t8-/m1/s1. The summed E-state index contributed by atoms with van der Waals surface area (Å²) in [5.41, 5.74) is -0.0639. The zero-order chi connectivity index (χ0) is 10.3. The predicted molar refractivity (Wildman–Crippen MR) is 47.8 cm³/mol. The smallest absolute Gasteiger partial charge is 0.368 e. The number of rotatable bonds is 1. The van der Waals surface area contributed by atoms with E-state index in [1.54, 1.807) is 6.07 Å². The van der Waals surface area contributed by atoms with E-state index in [0.29, 0.717) is 12.2 Å². The summed E-state index contributed by atoms with van der Waals surface area (Å²) in [5, 5.41) is 0. The van der Waals surface area contributed by atoms with Crippen LogP contribution < -0.4 is 0 Å². The molecule has 1 aliphatic rings. The van der Waals surface area contributed by atoms with Crippen molar-refractivity contribution in [1.29, 1.82) is 0 Å². The van der Waals surface area contributed by atoms with Gasteiger partial charge in [0.1, 0.15) is 6.10 Å². The maximum atomic E-state index is 12.4. The van der Waals surface area contributed by atoms with Crippen molar-refractivity contribution in [3.05, 3.63) is 33.8 Å². The number of benzene rings is 1. The Bertz CT molecular complexity index is 358. The number of alkyl halides is 3. The highest BCUT2D eigenvalue weighted by Crippen LogP contribution is 2.38. The Morgan fingerprint density at radius 3 is 2.50 bits per heavy atom. The van der Waals surface area contributed by atoms with E-state index in [2.05, 4.69) is 15.9 Å². The zero-order valence-electron chi connectivity index (χ0n) is 6.94. The lowest BCUT2D eigenvalue weighted by molar-refractivity contribution is -0.138. The third-order valence-electron chi connectivity index (χ3n) is 2.00. The van der Waals surface area contributed by atoms with Crippen LogP contribution in [0.3, 0.4) is 0 Å². The van der Waals surface area contributed by atoms with Crippen LogP contribution in [-0.4, -0.2) is 6.61 Å². The van der Waals surface area contributed by atoms with Gasteiger partial charge in [0, 0.05) is 4.47 Å². The molecule has 1 saturated heterocycles. The van der Waals surface area contributed by atoms with Gasteiger partial charge in [-0.15, -0.1) is 0 Å². The Balaban J connectivity index is 2.41. The highest BCUT2D eigenvalue weighted by atomic mass is 79.9. The monoisotopic (exact) mass is 266 g/mol. The van der Waals surface area contributed by atoms with E-state index in [4.69, 9.17) is 4.74 Å². The molecule has 1 aromatic carbocycles. The van der Waals surface area contributed by atoms with E-state index in [9.17, 15) is 13.2 Å². The Labute approximate surface area is 87.0 Å². The van der Waals surface area contributed by atoms with Gasteiger partial charge in [0.2, 0.25) is 0 Å². The molecule has 76 valence electrons. The lowest BCUT2D eigenvalue weighted by Gasteiger charge is -2.09. The third kappa shape index (κ3) is 1.93. The van der Waals surface area contributed by atoms with Gasteiger partial charge in [-0.3, -0.25) is 0 Å². The molecule has 2 rings (SSSR count). The molecule has 1 aromatic rings. The molecule has 0 spiro atoms. The van der Waals surface area contributed by atoms with E-state index in [0.717, 1.165) is 6.07 Å². The first-order chi connectivity index (χ1) is 6.48. The summed E-state index contributed by atoms with van der Waals surface area (Å²) in [6.45, 7) is 0.513. The van der Waals surface area contributed by atoms with Crippen molar-refractivity contribution >= 4 is 15.9 Å². The van der Waals surface area contributed by atoms with E-state index >= 15 is 0 Å². The van der Waals surface area contributed by atoms with Crippen LogP contribution in [-0.2, 0) is 10.9 Å². The van der Waals surface area contributed by atoms with Crippen molar-refractivity contribution in [2.24, 2.45) is 0 Å². The number of hydrogen-bond acceptors (Lipinski definition) is 1. The largest absolute Gasteiger partial charge is 0.417 e. The van der Waals surface area contributed by atoms with Gasteiger partial charge < -0.3 is 4.74 Å². The second-order valence-electron chi connectivity index (χ2n) is 3.06. The van der Waals surface area contributed by atoms with Crippen molar-refractivity contribution in [2.75, 3.05) is 6.61 Å². The van der Waals surface area contributed by atoms with E-state index in [-0.39, 0.29) is 10.6 Å². The van der Waals surface area contributed by atoms with Gasteiger partial charge in [-0.25, -0.2) is 0 Å². The van der Waals surface area contributed by atoms with Gasteiger partial charge >= 0.3 is 6.18 Å². The SMILES string of the molecule is FC(F)(F)c1cc([C@H]2CO2)ccc1Br. The molecule has 0 bridgehead atoms. The molecule has 1 heterocycles. The molecule has 5 heteroatoms. The first-order valence-electron chi connectivity index (χ1n) is 3.97. The van der Waals surface area contributed by atoms with Gasteiger partial charge in [-0.2, -0.15) is 13.2 Å². The average molecular weight is 267 g/mol. The molecule has 1 atom stereocenters. The highest BCUT2D eigenvalue weighted by molar-refractivity contribution is 9.10. The zero-order valence-corrected chi connectivity index (χ0v) is 8.52. The van der Waals surface area contributed by atoms with Crippen molar-refractivity contribution in [2.45, 2.75) is 12.3 Å². The molecule has 1 aliphatic heterocycles. The van der Waals surface area contributed by atoms with Crippen LogP contribution in [0.1, 0.15) is 17.2 Å². The third-order valence-corrected chi connectivity index (χ3v) is 2.69. The number of ether oxygens (including phenoxy) is 1. The molecule has 14 heavy (non-hydrogen) atoms. The summed E-state index contributed by atoms with van der Waals surface area (Å²) < 4.78 is 42.3. The summed E-state index contributed by atoms with van der Waals surface area (Å²) in [6, 6.07) is 4.17. The molecule has 0 N–H and O–H groups in total. The molecule has 0 amide bonds. The second-order valence-corrected chi connectivity index (χ2v) is 3.91. The maximum Gasteiger partial charge on any atom is 0.417 e. The Hall–Kier alpha value is -0.550. The number of epoxide rings is 1. The van der Waals surface area contributed by atoms with E-state index in [1.807, 2.05) is 0 Å². The molecule has 0 unspecified atom stereocenters. The van der Waals surface area contributed by atoms with Gasteiger partial charge in [-0.05, 0) is 17.7 Å². The highest BCUT2D eigenvalue weighted by Gasteiger charge is 2.35. The normalized spacial score (nSPS) is 21.0. The van der Waals surface area contributed by atoms with Gasteiger partial charge in [0.15, 0.2) is 0 Å². The minimum Gasteiger partial charge on any atom is -0.368 e. The van der Waals surface area contributed by atoms with Crippen molar-refractivity contribution in [3.8, 4) is 0 Å². The van der Waals surface area contributed by atoms with Crippen LogP contribution in [0.25, 0.3) is 0 Å². The molecule has 1 nitrogen and oxygen atoms in total. The van der Waals surface area contributed by atoms with Gasteiger partial charge in [-0.1, -0.05) is 22.0 Å². The van der Waals surface area contributed by atoms with Crippen molar-refractivity contribution < 1.29 is 17.9 Å². The van der Waals surface area contributed by atoms with Gasteiger partial charge in [0.05, 0.1) is 12.2 Å². The predicted octanol–water partition coefficient (Wildman–Crippen LogP) is 3.54. The topological polar surface area (TPSA) is 12.5 Å². The molecular weight excluding hydrogens is 261 g/mol.